The zero-order valence-corrected chi connectivity index (χ0v) is 23.5. The Labute approximate surface area is 215 Å². The van der Waals surface area contributed by atoms with Gasteiger partial charge < -0.3 is 28.6 Å². The summed E-state index contributed by atoms with van der Waals surface area (Å²) in [6, 6.07) is 4.01. The molecule has 0 radical (unpaired) electrons. The molecule has 2 aliphatic carbocycles. The van der Waals surface area contributed by atoms with Crippen molar-refractivity contribution in [2.45, 2.75) is 89.3 Å². The monoisotopic (exact) mass is 514 g/mol. The van der Waals surface area contributed by atoms with Crippen LogP contribution in [0, 0.1) is 5.92 Å². The maximum absolute atomic E-state index is 13.5. The average molecular weight is 515 g/mol. The van der Waals surface area contributed by atoms with Crippen LogP contribution in [-0.2, 0) is 20.9 Å². The zero-order chi connectivity index (χ0) is 25.4. The summed E-state index contributed by atoms with van der Waals surface area (Å²) in [6.07, 6.45) is 10.2. The number of carbonyl (C=O) groups excluding carboxylic acids is 1. The number of ether oxygens (including phenoxy) is 3. The van der Waals surface area contributed by atoms with E-state index in [1.165, 1.54) is 0 Å². The fraction of sp³-hybridized carbons (Fsp3) is 0.704. The Bertz CT molecular complexity index is 1070. The van der Waals surface area contributed by atoms with Crippen LogP contribution in [0.25, 0.3) is 11.0 Å². The highest BCUT2D eigenvalue weighted by Gasteiger charge is 2.42. The molecule has 2 saturated carbocycles. The summed E-state index contributed by atoms with van der Waals surface area (Å²) >= 11 is 0. The molecule has 1 aliphatic heterocycles. The molecule has 0 unspecified atom stereocenters. The number of nitrogens with zero attached hydrogens (tertiary/aromatic N) is 4. The van der Waals surface area contributed by atoms with Crippen molar-refractivity contribution in [3.05, 3.63) is 24.0 Å². The fourth-order valence-electron chi connectivity index (χ4n) is 5.82. The molecule has 0 bridgehead atoms. The number of pyridine rings is 1. The summed E-state index contributed by atoms with van der Waals surface area (Å²) in [5.74, 6) is 0.540. The van der Waals surface area contributed by atoms with Gasteiger partial charge in [-0.2, -0.15) is 0 Å². The Balaban J connectivity index is 1.40. The first-order valence-electron chi connectivity index (χ1n) is 13.5. The van der Waals surface area contributed by atoms with Crippen LogP contribution in [0.2, 0.25) is 25.7 Å². The quantitative estimate of drug-likeness (QED) is 0.255. The predicted octanol–water partition coefficient (Wildman–Crippen LogP) is 4.91. The van der Waals surface area contributed by atoms with Crippen molar-refractivity contribution in [1.29, 1.82) is 0 Å². The maximum atomic E-state index is 13.5. The highest BCUT2D eigenvalue weighted by Crippen LogP contribution is 2.42. The summed E-state index contributed by atoms with van der Waals surface area (Å²) in [7, 11) is 2.32. The largest absolute Gasteiger partial charge is 0.361 e. The van der Waals surface area contributed by atoms with Crippen molar-refractivity contribution in [1.82, 2.24) is 14.5 Å². The molecule has 198 valence electrons. The third kappa shape index (κ3) is 5.21. The molecule has 5 rings (SSSR count). The summed E-state index contributed by atoms with van der Waals surface area (Å²) in [5, 5.41) is 1.05. The molecule has 0 N–H and O–H groups in total. The van der Waals surface area contributed by atoms with E-state index >= 15 is 0 Å². The van der Waals surface area contributed by atoms with E-state index in [4.69, 9.17) is 19.2 Å². The second kappa shape index (κ2) is 10.4. The number of methoxy groups -OCH3 is 2. The summed E-state index contributed by atoms with van der Waals surface area (Å²) in [4.78, 5) is 22.8. The fourth-order valence-corrected chi connectivity index (χ4v) is 6.58. The Morgan fingerprint density at radius 3 is 2.33 bits per heavy atom. The van der Waals surface area contributed by atoms with Crippen molar-refractivity contribution < 1.29 is 19.0 Å². The molecule has 3 aliphatic rings. The molecule has 0 saturated heterocycles. The van der Waals surface area contributed by atoms with Gasteiger partial charge >= 0.3 is 0 Å². The van der Waals surface area contributed by atoms with Crippen LogP contribution in [0.3, 0.4) is 0 Å². The van der Waals surface area contributed by atoms with Crippen molar-refractivity contribution >= 4 is 30.7 Å². The van der Waals surface area contributed by atoms with Crippen LogP contribution in [0.1, 0.15) is 48.9 Å². The number of carbonyl (C=O) groups is 1. The molecule has 0 aromatic carbocycles. The van der Waals surface area contributed by atoms with E-state index in [0.717, 1.165) is 73.5 Å². The van der Waals surface area contributed by atoms with Gasteiger partial charge in [-0.15, -0.1) is 0 Å². The Morgan fingerprint density at radius 2 is 1.69 bits per heavy atom. The summed E-state index contributed by atoms with van der Waals surface area (Å²) < 4.78 is 19.2. The Hall–Kier alpha value is -1.94. The van der Waals surface area contributed by atoms with Gasteiger partial charge in [-0.05, 0) is 50.6 Å². The number of fused-ring (bicyclic) bond motifs is 3. The van der Waals surface area contributed by atoms with E-state index in [0.29, 0.717) is 31.4 Å². The van der Waals surface area contributed by atoms with E-state index in [1.807, 2.05) is 0 Å². The van der Waals surface area contributed by atoms with E-state index < -0.39 is 8.07 Å². The highest BCUT2D eigenvalue weighted by molar-refractivity contribution is 6.76. The average Bonchev–Trinajstić information content (AvgIpc) is 3.62. The first kappa shape index (κ1) is 25.7. The van der Waals surface area contributed by atoms with Gasteiger partial charge in [-0.3, -0.25) is 4.79 Å². The zero-order valence-electron chi connectivity index (χ0n) is 22.5. The van der Waals surface area contributed by atoms with Crippen LogP contribution in [0.5, 0.6) is 0 Å². The van der Waals surface area contributed by atoms with Crippen LogP contribution in [0.15, 0.2) is 18.5 Å². The van der Waals surface area contributed by atoms with Gasteiger partial charge in [0.15, 0.2) is 6.29 Å². The SMILES string of the molecule is COC(OC)C1CCC(N2CN(C3CC3)C(=O)c3cnc4c(ccn4COCC[Si](C)(C)C)c32)CC1. The maximum Gasteiger partial charge on any atom is 0.259 e. The van der Waals surface area contributed by atoms with Gasteiger partial charge in [-0.25, -0.2) is 4.98 Å². The molecule has 8 nitrogen and oxygen atoms in total. The minimum absolute atomic E-state index is 0.129. The van der Waals surface area contributed by atoms with Gasteiger partial charge in [-0.1, -0.05) is 19.6 Å². The minimum Gasteiger partial charge on any atom is -0.361 e. The van der Waals surface area contributed by atoms with E-state index in [2.05, 4.69) is 46.3 Å². The van der Waals surface area contributed by atoms with Crippen LogP contribution in [0.4, 0.5) is 5.69 Å². The summed E-state index contributed by atoms with van der Waals surface area (Å²) in [6.45, 7) is 9.02. The lowest BCUT2D eigenvalue weighted by Gasteiger charge is -2.45. The van der Waals surface area contributed by atoms with Crippen LogP contribution < -0.4 is 4.90 Å². The third-order valence-electron chi connectivity index (χ3n) is 8.09. The number of anilines is 1. The molecule has 0 spiro atoms. The lowest BCUT2D eigenvalue weighted by Crippen LogP contribution is -2.52. The topological polar surface area (TPSA) is 69.1 Å². The lowest BCUT2D eigenvalue weighted by molar-refractivity contribution is -0.144. The number of amides is 1. The van der Waals surface area contributed by atoms with E-state index in [9.17, 15) is 4.79 Å². The lowest BCUT2D eigenvalue weighted by atomic mass is 9.84. The summed E-state index contributed by atoms with van der Waals surface area (Å²) in [5.41, 5.74) is 2.69. The van der Waals surface area contributed by atoms with Crippen LogP contribution in [-0.4, -0.2) is 74.3 Å². The van der Waals surface area contributed by atoms with Crippen molar-refractivity contribution in [2.75, 3.05) is 32.4 Å². The molecule has 0 atom stereocenters. The highest BCUT2D eigenvalue weighted by atomic mass is 28.3. The van der Waals surface area contributed by atoms with Crippen molar-refractivity contribution in [2.24, 2.45) is 5.92 Å². The molecular formula is C27H42N4O4Si. The van der Waals surface area contributed by atoms with Gasteiger partial charge in [0.1, 0.15) is 12.4 Å². The number of hydrogen-bond acceptors (Lipinski definition) is 6. The van der Waals surface area contributed by atoms with Gasteiger partial charge in [0, 0.05) is 64.7 Å². The van der Waals surface area contributed by atoms with E-state index in [-0.39, 0.29) is 12.2 Å². The van der Waals surface area contributed by atoms with Crippen molar-refractivity contribution in [3.8, 4) is 0 Å². The van der Waals surface area contributed by atoms with Gasteiger partial charge in [0.05, 0.1) is 17.9 Å². The predicted molar refractivity (Wildman–Crippen MR) is 144 cm³/mol. The first-order valence-corrected chi connectivity index (χ1v) is 17.2. The molecule has 2 fully saturated rings. The molecule has 1 amide bonds. The van der Waals surface area contributed by atoms with Crippen molar-refractivity contribution in [3.63, 3.8) is 0 Å². The van der Waals surface area contributed by atoms with Gasteiger partial charge in [0.25, 0.3) is 5.91 Å². The number of hydrogen-bond donors (Lipinski definition) is 0. The molecular weight excluding hydrogens is 472 g/mol. The molecule has 2 aromatic rings. The molecule has 36 heavy (non-hydrogen) atoms. The second-order valence-corrected chi connectivity index (χ2v) is 17.5. The number of aromatic nitrogens is 2. The Morgan fingerprint density at radius 1 is 1.03 bits per heavy atom. The van der Waals surface area contributed by atoms with Crippen LogP contribution >= 0.6 is 0 Å². The number of rotatable bonds is 10. The molecule has 3 heterocycles. The molecule has 9 heteroatoms. The Kier molecular flexibility index (Phi) is 7.45. The van der Waals surface area contributed by atoms with Gasteiger partial charge in [0.2, 0.25) is 0 Å². The second-order valence-electron chi connectivity index (χ2n) is 11.9. The third-order valence-corrected chi connectivity index (χ3v) is 9.79. The minimum atomic E-state index is -1.13. The standard InChI is InChI=1S/C27H42N4O4Si/c1-33-27(34-2)19-6-8-20(9-7-19)30-17-31(21-10-11-21)26(32)23-16-28-25-22(24(23)30)12-13-29(25)18-35-14-15-36(3,4)5/h12-13,16,19-21,27H,6-11,14-15,17-18H2,1-5H3. The normalized spacial score (nSPS) is 23.1. The van der Waals surface area contributed by atoms with E-state index in [1.54, 1.807) is 20.4 Å². The molecule has 2 aromatic heterocycles. The first-order chi connectivity index (χ1) is 17.3. The smallest absolute Gasteiger partial charge is 0.259 e.